The van der Waals surface area contributed by atoms with Crippen LogP contribution in [0.1, 0.15) is 12.8 Å². The van der Waals surface area contributed by atoms with Crippen molar-refractivity contribution in [3.63, 3.8) is 0 Å². The SMILES string of the molecule is COC1CCCN(C[B-](F)(F)F)C1.[K+]. The molecule has 1 saturated heterocycles. The summed E-state index contributed by atoms with van der Waals surface area (Å²) >= 11 is 0. The molecule has 1 rings (SSSR count). The first-order chi connectivity index (χ1) is 6.01. The van der Waals surface area contributed by atoms with Crippen molar-refractivity contribution in [3.8, 4) is 0 Å². The molecule has 1 atom stereocenters. The van der Waals surface area contributed by atoms with Crippen molar-refractivity contribution in [2.45, 2.75) is 18.9 Å². The summed E-state index contributed by atoms with van der Waals surface area (Å²) in [5.74, 6) is 0. The maximum absolute atomic E-state index is 12.1. The molecule has 0 aromatic rings. The van der Waals surface area contributed by atoms with Crippen molar-refractivity contribution in [1.29, 1.82) is 0 Å². The summed E-state index contributed by atoms with van der Waals surface area (Å²) < 4.78 is 41.2. The minimum atomic E-state index is -4.69. The van der Waals surface area contributed by atoms with Gasteiger partial charge in [0.05, 0.1) is 6.10 Å². The Morgan fingerprint density at radius 3 is 2.57 bits per heavy atom. The van der Waals surface area contributed by atoms with Crippen LogP contribution in [0.4, 0.5) is 12.9 Å². The Hall–Kier alpha value is 1.41. The van der Waals surface area contributed by atoms with E-state index in [-0.39, 0.29) is 57.5 Å². The molecule has 78 valence electrons. The van der Waals surface area contributed by atoms with E-state index >= 15 is 0 Å². The van der Waals surface area contributed by atoms with E-state index in [9.17, 15) is 12.9 Å². The third-order valence-corrected chi connectivity index (χ3v) is 2.26. The van der Waals surface area contributed by atoms with E-state index in [0.29, 0.717) is 13.1 Å². The Morgan fingerprint density at radius 2 is 2.07 bits per heavy atom. The van der Waals surface area contributed by atoms with Crippen LogP contribution in [0, 0.1) is 0 Å². The van der Waals surface area contributed by atoms with Crippen LogP contribution in [0.25, 0.3) is 0 Å². The maximum Gasteiger partial charge on any atom is 1.00 e. The Morgan fingerprint density at radius 1 is 1.43 bits per heavy atom. The summed E-state index contributed by atoms with van der Waals surface area (Å²) in [4.78, 5) is 1.43. The van der Waals surface area contributed by atoms with Crippen LogP contribution in [0.3, 0.4) is 0 Å². The second-order valence-corrected chi connectivity index (χ2v) is 3.47. The first-order valence-electron chi connectivity index (χ1n) is 4.47. The number of hydrogen-bond donors (Lipinski definition) is 0. The normalized spacial score (nSPS) is 24.4. The summed E-state index contributed by atoms with van der Waals surface area (Å²) in [7, 11) is 1.55. The molecule has 1 aliphatic heterocycles. The number of likely N-dealkylation sites (tertiary alicyclic amines) is 1. The van der Waals surface area contributed by atoms with Gasteiger partial charge in [-0.3, -0.25) is 0 Å². The molecule has 1 fully saturated rings. The largest absolute Gasteiger partial charge is 1.00 e. The topological polar surface area (TPSA) is 12.5 Å². The van der Waals surface area contributed by atoms with E-state index in [1.54, 1.807) is 7.11 Å². The van der Waals surface area contributed by atoms with Gasteiger partial charge in [0, 0.05) is 13.7 Å². The second-order valence-electron chi connectivity index (χ2n) is 3.47. The second kappa shape index (κ2) is 6.88. The molecule has 0 bridgehead atoms. The molecule has 1 heterocycles. The maximum atomic E-state index is 12.1. The van der Waals surface area contributed by atoms with Gasteiger partial charge >= 0.3 is 58.4 Å². The summed E-state index contributed by atoms with van der Waals surface area (Å²) in [6, 6.07) is 0. The van der Waals surface area contributed by atoms with Gasteiger partial charge < -0.3 is 22.6 Å². The Bertz CT molecular complexity index is 170. The van der Waals surface area contributed by atoms with Gasteiger partial charge in [-0.1, -0.05) is 0 Å². The number of methoxy groups -OCH3 is 1. The van der Waals surface area contributed by atoms with Crippen molar-refractivity contribution in [3.05, 3.63) is 0 Å². The van der Waals surface area contributed by atoms with Gasteiger partial charge in [0.2, 0.25) is 0 Å². The minimum Gasteiger partial charge on any atom is -0.448 e. The fraction of sp³-hybridized carbons (Fsp3) is 1.00. The molecule has 14 heavy (non-hydrogen) atoms. The van der Waals surface area contributed by atoms with Crippen LogP contribution in [0.2, 0.25) is 0 Å². The number of nitrogens with zero attached hydrogens (tertiary/aromatic N) is 1. The standard InChI is InChI=1S/C7H14BF3NO.K/c1-13-7-3-2-4-12(5-7)6-8(9,10)11;/h7H,2-6H2,1H3;/q-1;+1. The van der Waals surface area contributed by atoms with E-state index in [0.717, 1.165) is 12.8 Å². The molecule has 7 heteroatoms. The van der Waals surface area contributed by atoms with Crippen molar-refractivity contribution < 1.29 is 69.1 Å². The zero-order valence-corrected chi connectivity index (χ0v) is 11.8. The minimum absolute atomic E-state index is 0. The van der Waals surface area contributed by atoms with Crippen molar-refractivity contribution >= 4 is 6.98 Å². The molecule has 0 amide bonds. The number of halogens is 3. The van der Waals surface area contributed by atoms with Gasteiger partial charge in [-0.25, -0.2) is 0 Å². The van der Waals surface area contributed by atoms with Gasteiger partial charge in [0.15, 0.2) is 0 Å². The van der Waals surface area contributed by atoms with Crippen LogP contribution in [0.15, 0.2) is 0 Å². The van der Waals surface area contributed by atoms with Gasteiger partial charge in [0.25, 0.3) is 0 Å². The molecule has 0 N–H and O–H groups in total. The molecular weight excluding hydrogens is 221 g/mol. The predicted molar refractivity (Wildman–Crippen MR) is 45.5 cm³/mol. The fourth-order valence-corrected chi connectivity index (χ4v) is 1.66. The Kier molecular flexibility index (Phi) is 7.57. The predicted octanol–water partition coefficient (Wildman–Crippen LogP) is -1.51. The van der Waals surface area contributed by atoms with Gasteiger partial charge in [0.1, 0.15) is 0 Å². The van der Waals surface area contributed by atoms with Crippen LogP contribution in [0.5, 0.6) is 0 Å². The number of ether oxygens (including phenoxy) is 1. The summed E-state index contributed by atoms with van der Waals surface area (Å²) in [5.41, 5.74) is 0. The van der Waals surface area contributed by atoms with E-state index in [1.807, 2.05) is 0 Å². The quantitative estimate of drug-likeness (QED) is 0.551. The average Bonchev–Trinajstić information content (AvgIpc) is 2.01. The van der Waals surface area contributed by atoms with Crippen LogP contribution in [-0.4, -0.2) is 44.6 Å². The number of hydrogen-bond acceptors (Lipinski definition) is 2. The Labute approximate surface area is 125 Å². The van der Waals surface area contributed by atoms with Gasteiger partial charge in [-0.05, 0) is 25.8 Å². The summed E-state index contributed by atoms with van der Waals surface area (Å²) in [6.07, 6.45) is 0.898. The van der Waals surface area contributed by atoms with E-state index in [2.05, 4.69) is 0 Å². The molecule has 0 saturated carbocycles. The monoisotopic (exact) mass is 235 g/mol. The number of piperidine rings is 1. The molecule has 0 aliphatic carbocycles. The van der Waals surface area contributed by atoms with E-state index < -0.39 is 13.4 Å². The molecule has 2 nitrogen and oxygen atoms in total. The van der Waals surface area contributed by atoms with E-state index in [1.165, 1.54) is 4.90 Å². The summed E-state index contributed by atoms with van der Waals surface area (Å²) in [6.45, 7) is -3.73. The summed E-state index contributed by atoms with van der Waals surface area (Å²) in [5, 5.41) is 0. The average molecular weight is 235 g/mol. The molecule has 0 aromatic carbocycles. The van der Waals surface area contributed by atoms with Gasteiger partial charge in [-0.2, -0.15) is 0 Å². The zero-order chi connectivity index (χ0) is 9.90. The zero-order valence-electron chi connectivity index (χ0n) is 8.68. The molecule has 1 unspecified atom stereocenters. The first-order valence-corrected chi connectivity index (χ1v) is 4.47. The molecular formula is C7H14BF3KNO. The molecule has 0 spiro atoms. The molecule has 0 aromatic heterocycles. The van der Waals surface area contributed by atoms with Crippen LogP contribution < -0.4 is 51.4 Å². The third kappa shape index (κ3) is 6.09. The van der Waals surface area contributed by atoms with Gasteiger partial charge in [-0.15, -0.1) is 0 Å². The smallest absolute Gasteiger partial charge is 0.448 e. The first kappa shape index (κ1) is 15.4. The third-order valence-electron chi connectivity index (χ3n) is 2.26. The Balaban J connectivity index is 0.00000169. The number of rotatable bonds is 3. The van der Waals surface area contributed by atoms with Crippen LogP contribution in [-0.2, 0) is 4.74 Å². The fourth-order valence-electron chi connectivity index (χ4n) is 1.66. The van der Waals surface area contributed by atoms with E-state index in [4.69, 9.17) is 4.74 Å². The van der Waals surface area contributed by atoms with Crippen molar-refractivity contribution in [1.82, 2.24) is 4.90 Å². The molecule has 1 aliphatic rings. The van der Waals surface area contributed by atoms with Crippen molar-refractivity contribution in [2.75, 3.05) is 26.6 Å². The molecule has 0 radical (unpaired) electrons. The van der Waals surface area contributed by atoms with Crippen molar-refractivity contribution in [2.24, 2.45) is 0 Å². The van der Waals surface area contributed by atoms with Crippen LogP contribution >= 0.6 is 0 Å².